The van der Waals surface area contributed by atoms with E-state index in [9.17, 15) is 0 Å². The molecule has 0 saturated carbocycles. The minimum atomic E-state index is 0.144. The molecule has 1 heteroatoms. The molecule has 1 aliphatic heterocycles. The van der Waals surface area contributed by atoms with Gasteiger partial charge in [0.2, 0.25) is 0 Å². The van der Waals surface area contributed by atoms with Crippen LogP contribution in [-0.2, 0) is 11.8 Å². The summed E-state index contributed by atoms with van der Waals surface area (Å²) in [5, 5.41) is 0. The molecule has 0 aromatic heterocycles. The molecule has 0 bridgehead atoms. The smallest absolute Gasteiger partial charge is 0.0443 e. The highest BCUT2D eigenvalue weighted by Crippen LogP contribution is 2.57. The molecule has 0 radical (unpaired) electrons. The summed E-state index contributed by atoms with van der Waals surface area (Å²) in [6.45, 7) is 16.8. The van der Waals surface area contributed by atoms with Crippen LogP contribution >= 0.6 is 0 Å². The standard InChI is InChI=1S/C27H37N/c1-18(2)22-12-10-13-23(19(3)4)25(22)28-20(5)27(17-26(28,6)7)16-15-21-11-8-9-14-24(21)27/h8-14,18-20H,15-17H2,1-7H3. The molecule has 1 heterocycles. The average Bonchev–Trinajstić information content (AvgIpc) is 3.09. The van der Waals surface area contributed by atoms with E-state index in [2.05, 4.69) is 95.8 Å². The maximum atomic E-state index is 2.82. The van der Waals surface area contributed by atoms with E-state index < -0.39 is 0 Å². The topological polar surface area (TPSA) is 3.24 Å². The van der Waals surface area contributed by atoms with Crippen molar-refractivity contribution in [3.63, 3.8) is 0 Å². The largest absolute Gasteiger partial charge is 0.362 e. The summed E-state index contributed by atoms with van der Waals surface area (Å²) in [4.78, 5) is 2.82. The maximum absolute atomic E-state index is 2.82. The molecule has 150 valence electrons. The molecular formula is C27H37N. The van der Waals surface area contributed by atoms with Gasteiger partial charge in [-0.2, -0.15) is 0 Å². The van der Waals surface area contributed by atoms with Crippen LogP contribution in [0.15, 0.2) is 42.5 Å². The SMILES string of the molecule is CC(C)c1cccc(C(C)C)c1N1C(C)C2(CCc3ccccc32)CC1(C)C. The number of benzene rings is 2. The Morgan fingerprint density at radius 3 is 2.11 bits per heavy atom. The first-order valence-corrected chi connectivity index (χ1v) is 11.2. The van der Waals surface area contributed by atoms with Crippen LogP contribution in [0.25, 0.3) is 0 Å². The Morgan fingerprint density at radius 1 is 0.893 bits per heavy atom. The van der Waals surface area contributed by atoms with E-state index in [1.54, 1.807) is 11.1 Å². The highest BCUT2D eigenvalue weighted by atomic mass is 15.3. The lowest BCUT2D eigenvalue weighted by Gasteiger charge is -2.42. The Hall–Kier alpha value is -1.76. The third-order valence-electron chi connectivity index (χ3n) is 7.56. The molecule has 1 saturated heterocycles. The Bertz CT molecular complexity index is 849. The summed E-state index contributed by atoms with van der Waals surface area (Å²) in [6, 6.07) is 16.7. The van der Waals surface area contributed by atoms with Crippen molar-refractivity contribution in [3.05, 3.63) is 64.7 Å². The van der Waals surface area contributed by atoms with Crippen molar-refractivity contribution in [2.75, 3.05) is 4.90 Å². The molecule has 0 amide bonds. The molecule has 28 heavy (non-hydrogen) atoms. The summed E-state index contributed by atoms with van der Waals surface area (Å²) in [5.41, 5.74) is 8.15. The van der Waals surface area contributed by atoms with Gasteiger partial charge in [-0.15, -0.1) is 0 Å². The summed E-state index contributed by atoms with van der Waals surface area (Å²) in [7, 11) is 0. The predicted octanol–water partition coefficient (Wildman–Crippen LogP) is 7.19. The summed E-state index contributed by atoms with van der Waals surface area (Å²) in [5.74, 6) is 1.06. The molecule has 2 aromatic rings. The van der Waals surface area contributed by atoms with Crippen molar-refractivity contribution in [3.8, 4) is 0 Å². The lowest BCUT2D eigenvalue weighted by Crippen LogP contribution is -2.45. The normalized spacial score (nSPS) is 25.9. The first-order chi connectivity index (χ1) is 13.2. The molecule has 2 aliphatic rings. The van der Waals surface area contributed by atoms with Crippen LogP contribution in [0.3, 0.4) is 0 Å². The van der Waals surface area contributed by atoms with Gasteiger partial charge in [-0.25, -0.2) is 0 Å². The molecule has 4 rings (SSSR count). The predicted molar refractivity (Wildman–Crippen MR) is 122 cm³/mol. The minimum absolute atomic E-state index is 0.144. The third-order valence-corrected chi connectivity index (χ3v) is 7.56. The van der Waals surface area contributed by atoms with Crippen molar-refractivity contribution < 1.29 is 0 Å². The van der Waals surface area contributed by atoms with Gasteiger partial charge in [-0.3, -0.25) is 0 Å². The van der Waals surface area contributed by atoms with E-state index in [1.165, 1.54) is 36.1 Å². The highest BCUT2D eigenvalue weighted by Gasteiger charge is 2.57. The number of anilines is 1. The van der Waals surface area contributed by atoms with Crippen LogP contribution in [0.5, 0.6) is 0 Å². The molecule has 0 N–H and O–H groups in total. The van der Waals surface area contributed by atoms with E-state index in [0.29, 0.717) is 17.9 Å². The summed E-state index contributed by atoms with van der Waals surface area (Å²) in [6.07, 6.45) is 3.75. The Labute approximate surface area is 172 Å². The lowest BCUT2D eigenvalue weighted by molar-refractivity contribution is 0.382. The van der Waals surface area contributed by atoms with Gasteiger partial charge in [-0.1, -0.05) is 70.2 Å². The van der Waals surface area contributed by atoms with Gasteiger partial charge in [-0.05, 0) is 74.1 Å². The fourth-order valence-electron chi connectivity index (χ4n) is 6.40. The van der Waals surface area contributed by atoms with E-state index in [4.69, 9.17) is 0 Å². The fourth-order valence-corrected chi connectivity index (χ4v) is 6.40. The highest BCUT2D eigenvalue weighted by molar-refractivity contribution is 5.67. The van der Waals surface area contributed by atoms with Gasteiger partial charge in [0, 0.05) is 22.7 Å². The lowest BCUT2D eigenvalue weighted by atomic mass is 9.73. The van der Waals surface area contributed by atoms with E-state index in [1.807, 2.05) is 0 Å². The number of hydrogen-bond acceptors (Lipinski definition) is 1. The van der Waals surface area contributed by atoms with Crippen molar-refractivity contribution in [1.82, 2.24) is 0 Å². The van der Waals surface area contributed by atoms with Gasteiger partial charge < -0.3 is 4.90 Å². The molecule has 1 fully saturated rings. The second-order valence-electron chi connectivity index (χ2n) is 10.4. The van der Waals surface area contributed by atoms with Crippen molar-refractivity contribution >= 4 is 5.69 Å². The zero-order chi connectivity index (χ0) is 20.3. The van der Waals surface area contributed by atoms with Crippen LogP contribution in [0.4, 0.5) is 5.69 Å². The molecule has 2 atom stereocenters. The van der Waals surface area contributed by atoms with Crippen LogP contribution in [-0.4, -0.2) is 11.6 Å². The first-order valence-electron chi connectivity index (χ1n) is 11.2. The number of aryl methyl sites for hydroxylation is 1. The summed E-state index contributed by atoms with van der Waals surface area (Å²) >= 11 is 0. The van der Waals surface area contributed by atoms with Crippen molar-refractivity contribution in [2.45, 2.75) is 96.6 Å². The van der Waals surface area contributed by atoms with Crippen molar-refractivity contribution in [2.24, 2.45) is 0 Å². The van der Waals surface area contributed by atoms with Crippen molar-refractivity contribution in [1.29, 1.82) is 0 Å². The second-order valence-corrected chi connectivity index (χ2v) is 10.4. The molecule has 2 aromatic carbocycles. The third kappa shape index (κ3) is 2.73. The Morgan fingerprint density at radius 2 is 1.50 bits per heavy atom. The van der Waals surface area contributed by atoms with Gasteiger partial charge in [0.15, 0.2) is 0 Å². The Balaban J connectivity index is 1.91. The average molecular weight is 376 g/mol. The zero-order valence-corrected chi connectivity index (χ0v) is 18.8. The number of para-hydroxylation sites is 1. The molecule has 1 spiro atoms. The van der Waals surface area contributed by atoms with Gasteiger partial charge in [0.25, 0.3) is 0 Å². The quantitative estimate of drug-likeness (QED) is 0.548. The van der Waals surface area contributed by atoms with Crippen LogP contribution < -0.4 is 4.90 Å². The zero-order valence-electron chi connectivity index (χ0n) is 18.8. The van der Waals surface area contributed by atoms with Gasteiger partial charge in [0.05, 0.1) is 0 Å². The molecule has 1 nitrogen and oxygen atoms in total. The van der Waals surface area contributed by atoms with Crippen LogP contribution in [0.2, 0.25) is 0 Å². The monoisotopic (exact) mass is 375 g/mol. The van der Waals surface area contributed by atoms with E-state index in [-0.39, 0.29) is 11.0 Å². The second kappa shape index (κ2) is 6.65. The number of nitrogens with zero attached hydrogens (tertiary/aromatic N) is 1. The van der Waals surface area contributed by atoms with E-state index in [0.717, 1.165) is 0 Å². The number of hydrogen-bond donors (Lipinski definition) is 0. The van der Waals surface area contributed by atoms with Gasteiger partial charge in [0.1, 0.15) is 0 Å². The first kappa shape index (κ1) is 19.6. The molecular weight excluding hydrogens is 338 g/mol. The van der Waals surface area contributed by atoms with Crippen LogP contribution in [0.1, 0.15) is 95.4 Å². The van der Waals surface area contributed by atoms with Gasteiger partial charge >= 0.3 is 0 Å². The fraction of sp³-hybridized carbons (Fsp3) is 0.556. The Kier molecular flexibility index (Phi) is 4.64. The number of rotatable bonds is 3. The maximum Gasteiger partial charge on any atom is 0.0443 e. The molecule has 1 aliphatic carbocycles. The summed E-state index contributed by atoms with van der Waals surface area (Å²) < 4.78 is 0. The minimum Gasteiger partial charge on any atom is -0.362 e. The van der Waals surface area contributed by atoms with Crippen LogP contribution in [0, 0.1) is 0 Å². The van der Waals surface area contributed by atoms with E-state index >= 15 is 0 Å². The molecule has 2 unspecified atom stereocenters. The number of fused-ring (bicyclic) bond motifs is 2.